The van der Waals surface area contributed by atoms with Gasteiger partial charge in [0.05, 0.1) is 19.3 Å². The number of aryl methyl sites for hydroxylation is 1. The molecule has 8 nitrogen and oxygen atoms in total. The van der Waals surface area contributed by atoms with Gasteiger partial charge < -0.3 is 19.6 Å². The summed E-state index contributed by atoms with van der Waals surface area (Å²) in [4.78, 5) is 21.0. The lowest BCUT2D eigenvalue weighted by molar-refractivity contribution is 0.00949. The molecule has 2 N–H and O–H groups in total. The number of ether oxygens (including phenoxy) is 1. The van der Waals surface area contributed by atoms with Crippen LogP contribution >= 0.6 is 0 Å². The van der Waals surface area contributed by atoms with E-state index in [9.17, 15) is 14.3 Å². The lowest BCUT2D eigenvalue weighted by Gasteiger charge is -2.34. The van der Waals surface area contributed by atoms with E-state index in [0.29, 0.717) is 43.4 Å². The molecule has 30 heavy (non-hydrogen) atoms. The van der Waals surface area contributed by atoms with Gasteiger partial charge >= 0.3 is 0 Å². The van der Waals surface area contributed by atoms with Crippen LogP contribution in [-0.4, -0.2) is 77.8 Å². The normalized spacial score (nSPS) is 16.5. The number of aromatic nitrogens is 1. The third kappa shape index (κ3) is 6.33. The summed E-state index contributed by atoms with van der Waals surface area (Å²) >= 11 is 0. The van der Waals surface area contributed by atoms with E-state index < -0.39 is 12.0 Å². The summed E-state index contributed by atoms with van der Waals surface area (Å²) in [6, 6.07) is 4.52. The van der Waals surface area contributed by atoms with Crippen molar-refractivity contribution in [3.63, 3.8) is 0 Å². The molecule has 2 heterocycles. The number of rotatable bonds is 9. The fraction of sp³-hybridized carbons (Fsp3) is 0.524. The Morgan fingerprint density at radius 2 is 2.07 bits per heavy atom. The fourth-order valence-electron chi connectivity index (χ4n) is 3.28. The largest absolute Gasteiger partial charge is 0.447 e. The molecule has 0 aliphatic carbocycles. The SMILES string of the molecule is CCOC[C@@H](O)CN1CCN(Cc2nc(C(=O)Nc3ccc(C)c(F)c3)co2)CC1. The Kier molecular flexibility index (Phi) is 7.92. The number of amides is 1. The van der Waals surface area contributed by atoms with Crippen LogP contribution in [0.25, 0.3) is 0 Å². The van der Waals surface area contributed by atoms with Crippen molar-refractivity contribution in [3.05, 3.63) is 47.4 Å². The van der Waals surface area contributed by atoms with Crippen LogP contribution in [0.2, 0.25) is 0 Å². The van der Waals surface area contributed by atoms with Crippen LogP contribution in [0.15, 0.2) is 28.9 Å². The molecule has 1 fully saturated rings. The Bertz CT molecular complexity index is 836. The summed E-state index contributed by atoms with van der Waals surface area (Å²) in [5.74, 6) is -0.361. The van der Waals surface area contributed by atoms with Crippen molar-refractivity contribution in [2.24, 2.45) is 0 Å². The standard InChI is InChI=1S/C21H29FN4O4/c1-3-29-13-17(27)11-25-6-8-26(9-7-25)12-20-24-19(14-30-20)21(28)23-16-5-4-15(2)18(22)10-16/h4-5,10,14,17,27H,3,6-9,11-13H2,1-2H3,(H,23,28)/t17-/m0/s1. The van der Waals surface area contributed by atoms with Gasteiger partial charge in [-0.25, -0.2) is 9.37 Å². The van der Waals surface area contributed by atoms with Crippen LogP contribution in [0, 0.1) is 12.7 Å². The minimum Gasteiger partial charge on any atom is -0.447 e. The van der Waals surface area contributed by atoms with Gasteiger partial charge in [0, 0.05) is 45.0 Å². The summed E-state index contributed by atoms with van der Waals surface area (Å²) in [5.41, 5.74) is 1.04. The third-order valence-electron chi connectivity index (χ3n) is 5.02. The van der Waals surface area contributed by atoms with Crippen LogP contribution < -0.4 is 5.32 Å². The van der Waals surface area contributed by atoms with Gasteiger partial charge in [-0.2, -0.15) is 0 Å². The number of β-amino-alcohol motifs (C(OH)–C–C–N with tert-alkyl or cyclic N) is 1. The first-order valence-corrected chi connectivity index (χ1v) is 10.2. The second kappa shape index (κ2) is 10.6. The first kappa shape index (κ1) is 22.4. The van der Waals surface area contributed by atoms with Crippen molar-refractivity contribution in [1.29, 1.82) is 0 Å². The van der Waals surface area contributed by atoms with E-state index in [1.165, 1.54) is 12.3 Å². The molecule has 164 valence electrons. The van der Waals surface area contributed by atoms with Crippen molar-refractivity contribution < 1.29 is 23.4 Å². The maximum atomic E-state index is 13.6. The smallest absolute Gasteiger partial charge is 0.277 e. The van der Waals surface area contributed by atoms with Crippen LogP contribution in [0.4, 0.5) is 10.1 Å². The lowest BCUT2D eigenvalue weighted by atomic mass is 10.2. The molecule has 1 amide bonds. The molecular formula is C21H29FN4O4. The van der Waals surface area contributed by atoms with Crippen molar-refractivity contribution in [1.82, 2.24) is 14.8 Å². The van der Waals surface area contributed by atoms with Gasteiger partial charge in [-0.1, -0.05) is 6.07 Å². The van der Waals surface area contributed by atoms with E-state index in [2.05, 4.69) is 20.1 Å². The van der Waals surface area contributed by atoms with E-state index in [1.54, 1.807) is 19.1 Å². The van der Waals surface area contributed by atoms with Gasteiger partial charge in [-0.3, -0.25) is 14.6 Å². The zero-order chi connectivity index (χ0) is 21.5. The highest BCUT2D eigenvalue weighted by atomic mass is 19.1. The molecule has 0 bridgehead atoms. The Morgan fingerprint density at radius 1 is 1.33 bits per heavy atom. The maximum Gasteiger partial charge on any atom is 0.277 e. The molecule has 9 heteroatoms. The highest BCUT2D eigenvalue weighted by Gasteiger charge is 2.21. The van der Waals surface area contributed by atoms with Crippen molar-refractivity contribution >= 4 is 11.6 Å². The Hall–Kier alpha value is -2.33. The highest BCUT2D eigenvalue weighted by molar-refractivity contribution is 6.02. The molecule has 2 aromatic rings. The summed E-state index contributed by atoms with van der Waals surface area (Å²) in [7, 11) is 0. The van der Waals surface area contributed by atoms with Crippen LogP contribution in [0.5, 0.6) is 0 Å². The monoisotopic (exact) mass is 420 g/mol. The Labute approximate surface area is 175 Å². The minimum absolute atomic E-state index is 0.156. The number of hydrogen-bond acceptors (Lipinski definition) is 7. The quantitative estimate of drug-likeness (QED) is 0.640. The van der Waals surface area contributed by atoms with Gasteiger partial charge in [0.15, 0.2) is 5.69 Å². The number of piperazine rings is 1. The minimum atomic E-state index is -0.480. The number of benzene rings is 1. The van der Waals surface area contributed by atoms with Gasteiger partial charge in [0.2, 0.25) is 5.89 Å². The van der Waals surface area contributed by atoms with Crippen LogP contribution in [0.3, 0.4) is 0 Å². The number of nitrogens with zero attached hydrogens (tertiary/aromatic N) is 3. The first-order valence-electron chi connectivity index (χ1n) is 10.2. The van der Waals surface area contributed by atoms with Crippen molar-refractivity contribution in [2.45, 2.75) is 26.5 Å². The molecule has 1 aliphatic rings. The van der Waals surface area contributed by atoms with Crippen molar-refractivity contribution in [2.75, 3.05) is 51.3 Å². The van der Waals surface area contributed by atoms with Gasteiger partial charge in [0.25, 0.3) is 5.91 Å². The number of aliphatic hydroxyl groups is 1. The van der Waals surface area contributed by atoms with E-state index in [4.69, 9.17) is 9.15 Å². The van der Waals surface area contributed by atoms with E-state index in [-0.39, 0.29) is 11.5 Å². The van der Waals surface area contributed by atoms with E-state index in [1.807, 2.05) is 6.92 Å². The fourth-order valence-corrected chi connectivity index (χ4v) is 3.28. The number of anilines is 1. The van der Waals surface area contributed by atoms with Gasteiger partial charge in [-0.15, -0.1) is 0 Å². The number of aliphatic hydroxyl groups excluding tert-OH is 1. The molecule has 0 spiro atoms. The van der Waals surface area contributed by atoms with Crippen molar-refractivity contribution in [3.8, 4) is 0 Å². The molecule has 1 aromatic carbocycles. The second-order valence-electron chi connectivity index (χ2n) is 7.43. The molecule has 0 unspecified atom stereocenters. The van der Waals surface area contributed by atoms with Gasteiger partial charge in [-0.05, 0) is 31.5 Å². The highest BCUT2D eigenvalue weighted by Crippen LogP contribution is 2.15. The second-order valence-corrected chi connectivity index (χ2v) is 7.43. The number of carbonyl (C=O) groups excluding carboxylic acids is 1. The number of nitrogens with one attached hydrogen (secondary N) is 1. The zero-order valence-electron chi connectivity index (χ0n) is 17.4. The first-order chi connectivity index (χ1) is 14.4. The predicted octanol–water partition coefficient (Wildman–Crippen LogP) is 1.89. The number of hydrogen-bond donors (Lipinski definition) is 2. The summed E-state index contributed by atoms with van der Waals surface area (Å²) < 4.78 is 24.3. The summed E-state index contributed by atoms with van der Waals surface area (Å²) in [5, 5.41) is 12.6. The topological polar surface area (TPSA) is 91.1 Å². The molecule has 0 saturated carbocycles. The number of carbonyl (C=O) groups is 1. The Morgan fingerprint density at radius 3 is 2.77 bits per heavy atom. The number of halogens is 1. The molecule has 1 atom stereocenters. The van der Waals surface area contributed by atoms with E-state index in [0.717, 1.165) is 26.2 Å². The summed E-state index contributed by atoms with van der Waals surface area (Å²) in [6.07, 6.45) is 0.835. The molecular weight excluding hydrogens is 391 g/mol. The third-order valence-corrected chi connectivity index (χ3v) is 5.02. The molecule has 1 aromatic heterocycles. The lowest BCUT2D eigenvalue weighted by Crippen LogP contribution is -2.48. The molecule has 3 rings (SSSR count). The van der Waals surface area contributed by atoms with E-state index >= 15 is 0 Å². The maximum absolute atomic E-state index is 13.6. The van der Waals surface area contributed by atoms with Crippen LogP contribution in [-0.2, 0) is 11.3 Å². The average Bonchev–Trinajstić information content (AvgIpc) is 3.19. The average molecular weight is 420 g/mol. The molecule has 0 radical (unpaired) electrons. The Balaban J connectivity index is 1.45. The molecule has 1 saturated heterocycles. The van der Waals surface area contributed by atoms with Crippen LogP contribution in [0.1, 0.15) is 28.9 Å². The summed E-state index contributed by atoms with van der Waals surface area (Å²) in [6.45, 7) is 8.90. The molecule has 1 aliphatic heterocycles. The predicted molar refractivity (Wildman–Crippen MR) is 110 cm³/mol. The van der Waals surface area contributed by atoms with Gasteiger partial charge in [0.1, 0.15) is 12.1 Å². The number of oxazole rings is 1. The zero-order valence-corrected chi connectivity index (χ0v) is 17.4.